The minimum Gasteiger partial charge on any atom is -0.496 e. The van der Waals surface area contributed by atoms with Crippen LogP contribution in [0.25, 0.3) is 0 Å². The lowest BCUT2D eigenvalue weighted by atomic mass is 9.86. The molecule has 1 aromatic carbocycles. The summed E-state index contributed by atoms with van der Waals surface area (Å²) in [6.45, 7) is 3.57. The van der Waals surface area contributed by atoms with Crippen molar-refractivity contribution in [2.75, 3.05) is 33.9 Å². The standard InChI is InChI=1S/C25H31FN2O4/c1-16-11-22(30-2)20(14-27-16)18-7-9-28(10-8-18)25(29)19-12-23(31-3)24(13-21(19)26)32-15-17-5-4-6-17/h11-14,17-18H,4-10,15H2,1-3H3. The third-order valence-corrected chi connectivity index (χ3v) is 6.66. The molecule has 2 heterocycles. The molecule has 4 rings (SSSR count). The van der Waals surface area contributed by atoms with Gasteiger partial charge in [-0.2, -0.15) is 0 Å². The largest absolute Gasteiger partial charge is 0.496 e. The van der Waals surface area contributed by atoms with E-state index in [0.29, 0.717) is 37.1 Å². The summed E-state index contributed by atoms with van der Waals surface area (Å²) >= 11 is 0. The number of aryl methyl sites for hydroxylation is 1. The molecule has 0 spiro atoms. The van der Waals surface area contributed by atoms with Gasteiger partial charge in [0.1, 0.15) is 11.6 Å². The molecule has 7 heteroatoms. The Labute approximate surface area is 188 Å². The molecule has 1 amide bonds. The second kappa shape index (κ2) is 9.76. The highest BCUT2D eigenvalue weighted by Gasteiger charge is 2.29. The molecule has 2 aromatic rings. The lowest BCUT2D eigenvalue weighted by molar-refractivity contribution is 0.0707. The molecule has 2 aliphatic rings. The first kappa shape index (κ1) is 22.4. The lowest BCUT2D eigenvalue weighted by Gasteiger charge is -2.33. The van der Waals surface area contributed by atoms with E-state index < -0.39 is 5.82 Å². The number of hydrogen-bond acceptors (Lipinski definition) is 5. The van der Waals surface area contributed by atoms with Gasteiger partial charge in [0, 0.05) is 42.7 Å². The maximum absolute atomic E-state index is 14.9. The zero-order valence-electron chi connectivity index (χ0n) is 19.0. The van der Waals surface area contributed by atoms with E-state index in [0.717, 1.165) is 42.7 Å². The van der Waals surface area contributed by atoms with Crippen molar-refractivity contribution < 1.29 is 23.4 Å². The van der Waals surface area contributed by atoms with E-state index in [9.17, 15) is 9.18 Å². The molecule has 1 aliphatic carbocycles. The first-order chi connectivity index (χ1) is 15.5. The first-order valence-corrected chi connectivity index (χ1v) is 11.3. The number of ether oxygens (including phenoxy) is 3. The minimum atomic E-state index is -0.578. The van der Waals surface area contributed by atoms with Crippen molar-refractivity contribution in [1.82, 2.24) is 9.88 Å². The van der Waals surface area contributed by atoms with Gasteiger partial charge in [0.15, 0.2) is 11.5 Å². The fourth-order valence-corrected chi connectivity index (χ4v) is 4.43. The number of likely N-dealkylation sites (tertiary alicyclic amines) is 1. The van der Waals surface area contributed by atoms with Gasteiger partial charge in [0.2, 0.25) is 0 Å². The van der Waals surface area contributed by atoms with Crippen LogP contribution < -0.4 is 14.2 Å². The van der Waals surface area contributed by atoms with Crippen molar-refractivity contribution in [2.45, 2.75) is 44.9 Å². The van der Waals surface area contributed by atoms with E-state index in [-0.39, 0.29) is 17.4 Å². The molecule has 1 aromatic heterocycles. The third-order valence-electron chi connectivity index (χ3n) is 6.66. The van der Waals surface area contributed by atoms with Gasteiger partial charge in [-0.1, -0.05) is 6.42 Å². The molecule has 1 aliphatic heterocycles. The topological polar surface area (TPSA) is 60.9 Å². The number of hydrogen-bond donors (Lipinski definition) is 0. The molecule has 0 radical (unpaired) electrons. The molecule has 1 saturated heterocycles. The highest BCUT2D eigenvalue weighted by molar-refractivity contribution is 5.95. The number of rotatable bonds is 7. The van der Waals surface area contributed by atoms with Crippen LogP contribution in [0.15, 0.2) is 24.4 Å². The summed E-state index contributed by atoms with van der Waals surface area (Å²) in [7, 11) is 3.17. The van der Waals surface area contributed by atoms with E-state index in [1.165, 1.54) is 25.7 Å². The summed E-state index contributed by atoms with van der Waals surface area (Å²) in [6, 6.07) is 4.68. The van der Waals surface area contributed by atoms with Crippen LogP contribution in [0, 0.1) is 18.7 Å². The van der Waals surface area contributed by atoms with Crippen LogP contribution in [0.3, 0.4) is 0 Å². The average Bonchev–Trinajstić information content (AvgIpc) is 2.78. The fraction of sp³-hybridized carbons (Fsp3) is 0.520. The normalized spacial score (nSPS) is 17.1. The Morgan fingerprint density at radius 2 is 1.78 bits per heavy atom. The second-order valence-electron chi connectivity index (χ2n) is 8.72. The Hall–Kier alpha value is -2.83. The summed E-state index contributed by atoms with van der Waals surface area (Å²) < 4.78 is 31.6. The Bertz CT molecular complexity index is 969. The second-order valence-corrected chi connectivity index (χ2v) is 8.72. The van der Waals surface area contributed by atoms with Crippen molar-refractivity contribution >= 4 is 5.91 Å². The smallest absolute Gasteiger partial charge is 0.256 e. The highest BCUT2D eigenvalue weighted by atomic mass is 19.1. The van der Waals surface area contributed by atoms with Crippen molar-refractivity contribution in [3.05, 3.63) is 47.0 Å². The van der Waals surface area contributed by atoms with Gasteiger partial charge in [-0.25, -0.2) is 4.39 Å². The number of methoxy groups -OCH3 is 2. The molecule has 0 atom stereocenters. The number of nitrogens with zero attached hydrogens (tertiary/aromatic N) is 2. The molecule has 0 N–H and O–H groups in total. The molecule has 6 nitrogen and oxygen atoms in total. The van der Waals surface area contributed by atoms with Crippen LogP contribution in [0.5, 0.6) is 17.2 Å². The predicted molar refractivity (Wildman–Crippen MR) is 119 cm³/mol. The van der Waals surface area contributed by atoms with E-state index >= 15 is 0 Å². The van der Waals surface area contributed by atoms with Gasteiger partial charge in [-0.15, -0.1) is 0 Å². The number of piperidine rings is 1. The van der Waals surface area contributed by atoms with Crippen LogP contribution in [-0.4, -0.2) is 49.7 Å². The number of amides is 1. The van der Waals surface area contributed by atoms with Crippen LogP contribution in [0.4, 0.5) is 4.39 Å². The molecule has 172 valence electrons. The van der Waals surface area contributed by atoms with E-state index in [1.807, 2.05) is 19.2 Å². The van der Waals surface area contributed by atoms with E-state index in [1.54, 1.807) is 12.0 Å². The average molecular weight is 443 g/mol. The van der Waals surface area contributed by atoms with Gasteiger partial charge in [0.05, 0.1) is 26.4 Å². The number of benzene rings is 1. The fourth-order valence-electron chi connectivity index (χ4n) is 4.43. The number of halogens is 1. The summed E-state index contributed by atoms with van der Waals surface area (Å²) in [5, 5.41) is 0. The van der Waals surface area contributed by atoms with Crippen LogP contribution in [-0.2, 0) is 0 Å². The molecular formula is C25H31FN2O4. The number of aromatic nitrogens is 1. The third kappa shape index (κ3) is 4.66. The van der Waals surface area contributed by atoms with Gasteiger partial charge >= 0.3 is 0 Å². The summed E-state index contributed by atoms with van der Waals surface area (Å²) in [5.41, 5.74) is 1.99. The van der Waals surface area contributed by atoms with E-state index in [2.05, 4.69) is 4.98 Å². The minimum absolute atomic E-state index is 0.0193. The Kier molecular flexibility index (Phi) is 6.82. The number of pyridine rings is 1. The molecule has 0 bridgehead atoms. The van der Waals surface area contributed by atoms with Crippen LogP contribution in [0.1, 0.15) is 59.6 Å². The first-order valence-electron chi connectivity index (χ1n) is 11.3. The van der Waals surface area contributed by atoms with Crippen molar-refractivity contribution in [2.24, 2.45) is 5.92 Å². The highest BCUT2D eigenvalue weighted by Crippen LogP contribution is 2.36. The van der Waals surface area contributed by atoms with Gasteiger partial charge in [0.25, 0.3) is 5.91 Å². The summed E-state index contributed by atoms with van der Waals surface area (Å²) in [4.78, 5) is 19.2. The Balaban J connectivity index is 1.43. The molecule has 0 unspecified atom stereocenters. The molecule has 2 fully saturated rings. The maximum Gasteiger partial charge on any atom is 0.256 e. The Morgan fingerprint density at radius 1 is 1.06 bits per heavy atom. The summed E-state index contributed by atoms with van der Waals surface area (Å²) in [6.07, 6.45) is 6.91. The number of carbonyl (C=O) groups is 1. The summed E-state index contributed by atoms with van der Waals surface area (Å²) in [5.74, 6) is 1.45. The van der Waals surface area contributed by atoms with Crippen molar-refractivity contribution in [3.63, 3.8) is 0 Å². The molecule has 32 heavy (non-hydrogen) atoms. The zero-order chi connectivity index (χ0) is 22.7. The van der Waals surface area contributed by atoms with Gasteiger partial charge in [-0.05, 0) is 50.5 Å². The SMILES string of the molecule is COc1cc(C(=O)N2CCC(c3cnc(C)cc3OC)CC2)c(F)cc1OCC1CCC1. The predicted octanol–water partition coefficient (Wildman–Crippen LogP) is 4.75. The van der Waals surface area contributed by atoms with Crippen LogP contribution >= 0.6 is 0 Å². The zero-order valence-corrected chi connectivity index (χ0v) is 19.0. The van der Waals surface area contributed by atoms with Gasteiger partial charge < -0.3 is 19.1 Å². The van der Waals surface area contributed by atoms with Crippen molar-refractivity contribution in [3.8, 4) is 17.2 Å². The maximum atomic E-state index is 14.9. The quantitative estimate of drug-likeness (QED) is 0.620. The number of carbonyl (C=O) groups excluding carboxylic acids is 1. The lowest BCUT2D eigenvalue weighted by Crippen LogP contribution is -2.38. The van der Waals surface area contributed by atoms with Gasteiger partial charge in [-0.3, -0.25) is 9.78 Å². The molecular weight excluding hydrogens is 411 g/mol. The van der Waals surface area contributed by atoms with Crippen molar-refractivity contribution in [1.29, 1.82) is 0 Å². The van der Waals surface area contributed by atoms with E-state index in [4.69, 9.17) is 14.2 Å². The Morgan fingerprint density at radius 3 is 2.41 bits per heavy atom. The molecule has 1 saturated carbocycles. The monoisotopic (exact) mass is 442 g/mol. The van der Waals surface area contributed by atoms with Crippen LogP contribution in [0.2, 0.25) is 0 Å².